The van der Waals surface area contributed by atoms with Crippen molar-refractivity contribution in [2.75, 3.05) is 0 Å². The average Bonchev–Trinajstić information content (AvgIpc) is 2.52. The highest BCUT2D eigenvalue weighted by Crippen LogP contribution is 2.37. The second-order valence-electron chi connectivity index (χ2n) is 7.13. The quantitative estimate of drug-likeness (QED) is 0.821. The van der Waals surface area contributed by atoms with E-state index in [0.29, 0.717) is 0 Å². The first-order chi connectivity index (χ1) is 10.8. The maximum atomic E-state index is 10.5. The van der Waals surface area contributed by atoms with Gasteiger partial charge in [0.15, 0.2) is 0 Å². The van der Waals surface area contributed by atoms with E-state index in [9.17, 15) is 5.11 Å². The van der Waals surface area contributed by atoms with Gasteiger partial charge in [-0.05, 0) is 35.7 Å². The van der Waals surface area contributed by atoms with Gasteiger partial charge in [-0.15, -0.1) is 0 Å². The predicted molar refractivity (Wildman–Crippen MR) is 95.5 cm³/mol. The van der Waals surface area contributed by atoms with E-state index in [4.69, 9.17) is 4.43 Å². The maximum Gasteiger partial charge on any atom is 0.205 e. The average molecular weight is 329 g/mol. The fourth-order valence-electron chi connectivity index (χ4n) is 2.56. The number of aliphatic hydroxyl groups is 1. The summed E-state index contributed by atoms with van der Waals surface area (Å²) in [5.74, 6) is 0. The highest BCUT2D eigenvalue weighted by molar-refractivity contribution is 6.48. The second kappa shape index (κ2) is 7.38. The summed E-state index contributed by atoms with van der Waals surface area (Å²) in [6, 6.07) is 11.8. The van der Waals surface area contributed by atoms with Crippen molar-refractivity contribution in [3.8, 4) is 0 Å². The van der Waals surface area contributed by atoms with Crippen molar-refractivity contribution in [3.05, 3.63) is 65.5 Å². The van der Waals surface area contributed by atoms with Gasteiger partial charge in [-0.3, -0.25) is 4.98 Å². The molecule has 0 aliphatic heterocycles. The topological polar surface area (TPSA) is 42.4 Å². The molecule has 0 aliphatic carbocycles. The molecule has 1 radical (unpaired) electrons. The Kier molecular flexibility index (Phi) is 5.73. The molecule has 3 nitrogen and oxygen atoms in total. The molecule has 2 aromatic rings. The Morgan fingerprint density at radius 2 is 1.61 bits per heavy atom. The van der Waals surface area contributed by atoms with Crippen molar-refractivity contribution in [2.24, 2.45) is 5.41 Å². The summed E-state index contributed by atoms with van der Waals surface area (Å²) in [6.07, 6.45) is 2.82. The third-order valence-corrected chi connectivity index (χ3v) is 4.40. The lowest BCUT2D eigenvalue weighted by Crippen LogP contribution is -2.25. The molecule has 23 heavy (non-hydrogen) atoms. The van der Waals surface area contributed by atoms with Crippen molar-refractivity contribution < 1.29 is 9.53 Å². The SMILES string of the molecule is C[Si](C)OC(c1ccc(C(O)c2cccnc2)cc1)C(C)(C)C. The molecule has 2 unspecified atom stereocenters. The lowest BCUT2D eigenvalue weighted by Gasteiger charge is -2.33. The molecule has 2 atom stereocenters. The molecule has 0 bridgehead atoms. The van der Waals surface area contributed by atoms with E-state index in [1.54, 1.807) is 12.4 Å². The number of pyridine rings is 1. The van der Waals surface area contributed by atoms with Crippen LogP contribution < -0.4 is 0 Å². The van der Waals surface area contributed by atoms with Crippen molar-refractivity contribution in [1.29, 1.82) is 0 Å². The molecule has 123 valence electrons. The Hall–Kier alpha value is -1.49. The first-order valence-corrected chi connectivity index (χ1v) is 10.3. The van der Waals surface area contributed by atoms with Gasteiger partial charge in [0.05, 0.1) is 6.10 Å². The summed E-state index contributed by atoms with van der Waals surface area (Å²) in [4.78, 5) is 4.07. The largest absolute Gasteiger partial charge is 0.410 e. The summed E-state index contributed by atoms with van der Waals surface area (Å²) >= 11 is 0. The Morgan fingerprint density at radius 1 is 1.00 bits per heavy atom. The standard InChI is InChI=1S/C19H26NO2Si/c1-19(2,3)18(22-23(4)5)15-10-8-14(9-11-15)17(21)16-7-6-12-20-13-16/h6-13,17-18,21H,1-5H3. The molecular formula is C19H26NO2Si. The predicted octanol–water partition coefficient (Wildman–Crippen LogP) is 4.52. The van der Waals surface area contributed by atoms with Crippen LogP contribution in [0.4, 0.5) is 0 Å². The van der Waals surface area contributed by atoms with Crippen LogP contribution >= 0.6 is 0 Å². The zero-order chi connectivity index (χ0) is 17.0. The number of aromatic nitrogens is 1. The van der Waals surface area contributed by atoms with E-state index in [1.165, 1.54) is 0 Å². The minimum absolute atomic E-state index is 0.0332. The van der Waals surface area contributed by atoms with E-state index in [2.05, 4.69) is 51.0 Å². The molecule has 2 rings (SSSR count). The molecule has 0 fully saturated rings. The van der Waals surface area contributed by atoms with Gasteiger partial charge in [-0.2, -0.15) is 0 Å². The number of hydrogen-bond donors (Lipinski definition) is 1. The minimum Gasteiger partial charge on any atom is -0.410 e. The number of hydrogen-bond acceptors (Lipinski definition) is 3. The monoisotopic (exact) mass is 328 g/mol. The van der Waals surface area contributed by atoms with Gasteiger partial charge in [-0.25, -0.2) is 0 Å². The molecule has 0 saturated carbocycles. The zero-order valence-electron chi connectivity index (χ0n) is 14.6. The van der Waals surface area contributed by atoms with Gasteiger partial charge in [0.1, 0.15) is 6.10 Å². The van der Waals surface area contributed by atoms with Gasteiger partial charge in [-0.1, -0.05) is 51.1 Å². The number of rotatable bonds is 5. The van der Waals surface area contributed by atoms with Crippen LogP contribution in [0.1, 0.15) is 49.7 Å². The van der Waals surface area contributed by atoms with Gasteiger partial charge < -0.3 is 9.53 Å². The Balaban J connectivity index is 2.24. The van der Waals surface area contributed by atoms with E-state index in [-0.39, 0.29) is 11.5 Å². The van der Waals surface area contributed by atoms with Gasteiger partial charge in [0, 0.05) is 18.0 Å². The fraction of sp³-hybridized carbons (Fsp3) is 0.421. The molecule has 4 heteroatoms. The lowest BCUT2D eigenvalue weighted by atomic mass is 9.84. The molecular weight excluding hydrogens is 302 g/mol. The molecule has 0 saturated heterocycles. The highest BCUT2D eigenvalue weighted by Gasteiger charge is 2.28. The van der Waals surface area contributed by atoms with Gasteiger partial charge in [0.25, 0.3) is 0 Å². The van der Waals surface area contributed by atoms with Crippen LogP contribution in [0.15, 0.2) is 48.8 Å². The number of nitrogens with zero attached hydrogens (tertiary/aromatic N) is 1. The Bertz CT molecular complexity index is 606. The normalized spacial score (nSPS) is 14.7. The minimum atomic E-state index is -0.789. The Morgan fingerprint density at radius 3 is 2.09 bits per heavy atom. The van der Waals surface area contributed by atoms with Crippen LogP contribution in [0, 0.1) is 5.41 Å². The maximum absolute atomic E-state index is 10.5. The fourth-order valence-corrected chi connectivity index (χ4v) is 3.52. The second-order valence-corrected chi connectivity index (χ2v) is 9.18. The van der Waals surface area contributed by atoms with E-state index in [1.807, 2.05) is 24.3 Å². The molecule has 0 aliphatic rings. The van der Waals surface area contributed by atoms with Crippen LogP contribution in [0.5, 0.6) is 0 Å². The molecule has 1 aromatic carbocycles. The van der Waals surface area contributed by atoms with Crippen molar-refractivity contribution >= 4 is 9.04 Å². The third-order valence-electron chi connectivity index (χ3n) is 3.70. The van der Waals surface area contributed by atoms with Crippen molar-refractivity contribution in [1.82, 2.24) is 4.98 Å². The Labute approximate surface area is 141 Å². The summed E-state index contributed by atoms with van der Waals surface area (Å²) in [5, 5.41) is 10.5. The van der Waals surface area contributed by atoms with Crippen molar-refractivity contribution in [2.45, 2.75) is 46.1 Å². The molecule has 0 amide bonds. The highest BCUT2D eigenvalue weighted by atomic mass is 28.3. The lowest BCUT2D eigenvalue weighted by molar-refractivity contribution is 0.0865. The molecule has 1 aromatic heterocycles. The van der Waals surface area contributed by atoms with E-state index >= 15 is 0 Å². The molecule has 1 heterocycles. The molecule has 0 spiro atoms. The molecule has 1 N–H and O–H groups in total. The van der Waals surface area contributed by atoms with Gasteiger partial charge >= 0.3 is 0 Å². The smallest absolute Gasteiger partial charge is 0.205 e. The summed E-state index contributed by atoms with van der Waals surface area (Å²) in [5.41, 5.74) is 2.86. The van der Waals surface area contributed by atoms with Gasteiger partial charge in [0.2, 0.25) is 9.04 Å². The summed E-state index contributed by atoms with van der Waals surface area (Å²) in [7, 11) is -0.789. The third kappa shape index (κ3) is 4.74. The summed E-state index contributed by atoms with van der Waals surface area (Å²) < 4.78 is 6.22. The first kappa shape index (κ1) is 17.9. The number of aliphatic hydroxyl groups excluding tert-OH is 1. The summed E-state index contributed by atoms with van der Waals surface area (Å²) in [6.45, 7) is 10.9. The first-order valence-electron chi connectivity index (χ1n) is 7.93. The zero-order valence-corrected chi connectivity index (χ0v) is 15.6. The van der Waals surface area contributed by atoms with E-state index in [0.717, 1.165) is 16.7 Å². The van der Waals surface area contributed by atoms with Crippen LogP contribution in [-0.2, 0) is 4.43 Å². The number of benzene rings is 1. The van der Waals surface area contributed by atoms with Crippen LogP contribution in [0.25, 0.3) is 0 Å². The van der Waals surface area contributed by atoms with E-state index < -0.39 is 15.1 Å². The van der Waals surface area contributed by atoms with Crippen molar-refractivity contribution in [3.63, 3.8) is 0 Å². The van der Waals surface area contributed by atoms with Crippen LogP contribution in [0.2, 0.25) is 13.1 Å². The van der Waals surface area contributed by atoms with Crippen LogP contribution in [-0.4, -0.2) is 19.1 Å². The van der Waals surface area contributed by atoms with Crippen LogP contribution in [0.3, 0.4) is 0 Å².